The van der Waals surface area contributed by atoms with E-state index in [4.69, 9.17) is 9.47 Å². The molecule has 0 bridgehead atoms. The summed E-state index contributed by atoms with van der Waals surface area (Å²) >= 11 is 0. The molecule has 2 heterocycles. The molecule has 1 unspecified atom stereocenters. The van der Waals surface area contributed by atoms with Crippen LogP contribution in [0.25, 0.3) is 0 Å². The molecule has 2 aliphatic heterocycles. The van der Waals surface area contributed by atoms with Crippen molar-refractivity contribution in [1.29, 1.82) is 0 Å². The quantitative estimate of drug-likeness (QED) is 0.693. The van der Waals surface area contributed by atoms with Gasteiger partial charge in [0.15, 0.2) is 0 Å². The van der Waals surface area contributed by atoms with Gasteiger partial charge in [-0.15, -0.1) is 0 Å². The number of anilines is 1. The lowest BCUT2D eigenvalue weighted by Gasteiger charge is -2.31. The number of hydrogen-bond acceptors (Lipinski definition) is 6. The van der Waals surface area contributed by atoms with Gasteiger partial charge < -0.3 is 19.7 Å². The van der Waals surface area contributed by atoms with Crippen LogP contribution in [0.2, 0.25) is 0 Å². The highest BCUT2D eigenvalue weighted by molar-refractivity contribution is 7.89. The number of rotatable bonds is 6. The minimum atomic E-state index is -3.72. The van der Waals surface area contributed by atoms with Gasteiger partial charge in [0.2, 0.25) is 10.0 Å². The topological polar surface area (TPSA) is 88.2 Å². The molecule has 4 rings (SSSR count). The van der Waals surface area contributed by atoms with Crippen LogP contribution in [0.15, 0.2) is 47.4 Å². The summed E-state index contributed by atoms with van der Waals surface area (Å²) in [5.74, 6) is -0.300. The van der Waals surface area contributed by atoms with Crippen molar-refractivity contribution in [2.24, 2.45) is 0 Å². The van der Waals surface area contributed by atoms with Gasteiger partial charge in [-0.05, 0) is 43.2 Å². The van der Waals surface area contributed by atoms with E-state index in [1.54, 1.807) is 12.1 Å². The predicted molar refractivity (Wildman–Crippen MR) is 126 cm³/mol. The highest BCUT2D eigenvalue weighted by atomic mass is 32.2. The molecule has 2 fully saturated rings. The Balaban J connectivity index is 1.67. The molecule has 2 saturated heterocycles. The number of nitrogens with zero attached hydrogens (tertiary/aromatic N) is 2. The first kappa shape index (κ1) is 23.7. The van der Waals surface area contributed by atoms with Crippen LogP contribution < -0.4 is 10.2 Å². The fourth-order valence-electron chi connectivity index (χ4n) is 4.30. The van der Waals surface area contributed by atoms with Gasteiger partial charge in [-0.1, -0.05) is 24.3 Å². The van der Waals surface area contributed by atoms with E-state index in [1.807, 2.05) is 38.1 Å². The average Bonchev–Trinajstić information content (AvgIpc) is 2.85. The maximum absolute atomic E-state index is 13.5. The van der Waals surface area contributed by atoms with Gasteiger partial charge in [0.1, 0.15) is 0 Å². The molecule has 0 aromatic heterocycles. The smallest absolute Gasteiger partial charge is 0.253 e. The van der Waals surface area contributed by atoms with E-state index in [1.165, 1.54) is 10.4 Å². The van der Waals surface area contributed by atoms with E-state index >= 15 is 0 Å². The highest BCUT2D eigenvalue weighted by Gasteiger charge is 2.29. The number of nitrogens with one attached hydrogen (secondary N) is 1. The summed E-state index contributed by atoms with van der Waals surface area (Å²) in [5.41, 5.74) is 3.18. The molecule has 1 N–H and O–H groups in total. The minimum absolute atomic E-state index is 0.120. The standard InChI is InChI=1S/C24H31N3O5S/c1-18-5-3-4-6-21(18)19(2)25-24(28)22-17-20(33(29,30)27-11-15-32-16-12-27)7-8-23(22)26-9-13-31-14-10-26/h3-8,17,19H,9-16H2,1-2H3,(H,25,28). The van der Waals surface area contributed by atoms with E-state index in [2.05, 4.69) is 10.2 Å². The summed E-state index contributed by atoms with van der Waals surface area (Å²) in [6.07, 6.45) is 0. The van der Waals surface area contributed by atoms with Crippen LogP contribution in [0.3, 0.4) is 0 Å². The SMILES string of the molecule is Cc1ccccc1C(C)NC(=O)c1cc(S(=O)(=O)N2CCOCC2)ccc1N1CCOCC1. The summed E-state index contributed by atoms with van der Waals surface area (Å²) in [6, 6.07) is 12.5. The summed E-state index contributed by atoms with van der Waals surface area (Å²) in [5, 5.41) is 3.07. The number of hydrogen-bond donors (Lipinski definition) is 1. The van der Waals surface area contributed by atoms with Crippen molar-refractivity contribution in [3.8, 4) is 0 Å². The molecule has 8 nitrogen and oxygen atoms in total. The number of carbonyl (C=O) groups excluding carboxylic acids is 1. The first-order chi connectivity index (χ1) is 15.9. The van der Waals surface area contributed by atoms with Crippen molar-refractivity contribution < 1.29 is 22.7 Å². The lowest BCUT2D eigenvalue weighted by atomic mass is 10.0. The fraction of sp³-hybridized carbons (Fsp3) is 0.458. The van der Waals surface area contributed by atoms with Gasteiger partial charge in [-0.25, -0.2) is 8.42 Å². The molecule has 2 aromatic carbocycles. The molecule has 0 aliphatic carbocycles. The van der Waals surface area contributed by atoms with Crippen LogP contribution in [0.1, 0.15) is 34.5 Å². The lowest BCUT2D eigenvalue weighted by molar-refractivity contribution is 0.0730. The number of ether oxygens (including phenoxy) is 2. The van der Waals surface area contributed by atoms with Crippen molar-refractivity contribution in [2.75, 3.05) is 57.5 Å². The molecule has 2 aliphatic rings. The van der Waals surface area contributed by atoms with Crippen LogP contribution in [0.5, 0.6) is 0 Å². The molecular weight excluding hydrogens is 442 g/mol. The number of morpholine rings is 2. The molecular formula is C24H31N3O5S. The maximum atomic E-state index is 13.5. The van der Waals surface area contributed by atoms with Gasteiger partial charge in [0, 0.05) is 31.9 Å². The Kier molecular flexibility index (Phi) is 7.33. The zero-order chi connectivity index (χ0) is 23.4. The molecule has 0 spiro atoms. The maximum Gasteiger partial charge on any atom is 0.253 e. The number of sulfonamides is 1. The molecule has 1 amide bonds. The fourth-order valence-corrected chi connectivity index (χ4v) is 5.73. The second-order valence-electron chi connectivity index (χ2n) is 8.35. The summed E-state index contributed by atoms with van der Waals surface area (Å²) in [7, 11) is -3.72. The third-order valence-electron chi connectivity index (χ3n) is 6.17. The first-order valence-electron chi connectivity index (χ1n) is 11.3. The van der Waals surface area contributed by atoms with E-state index in [-0.39, 0.29) is 16.8 Å². The Hall–Kier alpha value is -2.46. The molecule has 2 aromatic rings. The number of benzene rings is 2. The Morgan fingerprint density at radius 3 is 2.27 bits per heavy atom. The lowest BCUT2D eigenvalue weighted by Crippen LogP contribution is -2.41. The van der Waals surface area contributed by atoms with Gasteiger partial charge in [0.25, 0.3) is 5.91 Å². The third kappa shape index (κ3) is 5.22. The molecule has 9 heteroatoms. The monoisotopic (exact) mass is 473 g/mol. The van der Waals surface area contributed by atoms with Crippen molar-refractivity contribution in [3.05, 3.63) is 59.2 Å². The van der Waals surface area contributed by atoms with Gasteiger partial charge in [-0.2, -0.15) is 4.31 Å². The first-order valence-corrected chi connectivity index (χ1v) is 12.7. The number of amides is 1. The number of aryl methyl sites for hydroxylation is 1. The van der Waals surface area contributed by atoms with Gasteiger partial charge >= 0.3 is 0 Å². The Morgan fingerprint density at radius 2 is 1.61 bits per heavy atom. The van der Waals surface area contributed by atoms with Crippen molar-refractivity contribution in [3.63, 3.8) is 0 Å². The molecule has 33 heavy (non-hydrogen) atoms. The van der Waals surface area contributed by atoms with E-state index in [0.29, 0.717) is 63.9 Å². The van der Waals surface area contributed by atoms with Crippen LogP contribution in [0, 0.1) is 6.92 Å². The Morgan fingerprint density at radius 1 is 0.970 bits per heavy atom. The zero-order valence-corrected chi connectivity index (χ0v) is 19.9. The average molecular weight is 474 g/mol. The van der Waals surface area contributed by atoms with Crippen molar-refractivity contribution in [2.45, 2.75) is 24.8 Å². The minimum Gasteiger partial charge on any atom is -0.379 e. The van der Waals surface area contributed by atoms with E-state index in [0.717, 1.165) is 11.1 Å². The predicted octanol–water partition coefficient (Wildman–Crippen LogP) is 2.34. The molecule has 178 valence electrons. The summed E-state index contributed by atoms with van der Waals surface area (Å²) in [4.78, 5) is 15.7. The van der Waals surface area contributed by atoms with Crippen LogP contribution in [0.4, 0.5) is 5.69 Å². The zero-order valence-electron chi connectivity index (χ0n) is 19.1. The third-order valence-corrected chi connectivity index (χ3v) is 8.07. The Labute approximate surface area is 195 Å². The molecule has 0 radical (unpaired) electrons. The summed E-state index contributed by atoms with van der Waals surface area (Å²) in [6.45, 7) is 7.70. The van der Waals surface area contributed by atoms with Crippen LogP contribution >= 0.6 is 0 Å². The molecule has 1 atom stereocenters. The van der Waals surface area contributed by atoms with Crippen molar-refractivity contribution in [1.82, 2.24) is 9.62 Å². The van der Waals surface area contributed by atoms with Gasteiger partial charge in [0.05, 0.1) is 42.9 Å². The largest absolute Gasteiger partial charge is 0.379 e. The molecule has 0 saturated carbocycles. The Bertz CT molecular complexity index is 1090. The van der Waals surface area contributed by atoms with Crippen LogP contribution in [-0.4, -0.2) is 71.2 Å². The number of carbonyl (C=O) groups is 1. The highest BCUT2D eigenvalue weighted by Crippen LogP contribution is 2.28. The van der Waals surface area contributed by atoms with E-state index in [9.17, 15) is 13.2 Å². The normalized spacial score (nSPS) is 18.7. The second kappa shape index (κ2) is 10.2. The van der Waals surface area contributed by atoms with Gasteiger partial charge in [-0.3, -0.25) is 4.79 Å². The summed E-state index contributed by atoms with van der Waals surface area (Å²) < 4.78 is 38.7. The van der Waals surface area contributed by atoms with E-state index < -0.39 is 10.0 Å². The second-order valence-corrected chi connectivity index (χ2v) is 10.3. The van der Waals surface area contributed by atoms with Crippen molar-refractivity contribution >= 4 is 21.6 Å². The van der Waals surface area contributed by atoms with Crippen LogP contribution in [-0.2, 0) is 19.5 Å².